The average Bonchev–Trinajstić information content (AvgIpc) is 2.74. The fraction of sp³-hybridized carbons (Fsp3) is 0.190. The van der Waals surface area contributed by atoms with E-state index in [9.17, 15) is 13.6 Å². The lowest BCUT2D eigenvalue weighted by molar-refractivity contribution is -0.0498. The van der Waals surface area contributed by atoms with Crippen LogP contribution in [-0.2, 0) is 6.54 Å². The molecule has 30 heavy (non-hydrogen) atoms. The SMILES string of the molecule is CSc1ncc2c(n1)N(c1ccc(OC(F)F)cc1)C(=O)N(c1ccc(C)cc1)C2. The highest BCUT2D eigenvalue weighted by Crippen LogP contribution is 2.36. The van der Waals surface area contributed by atoms with Gasteiger partial charge in [-0.05, 0) is 49.6 Å². The maximum absolute atomic E-state index is 13.5. The van der Waals surface area contributed by atoms with E-state index in [1.165, 1.54) is 28.8 Å². The van der Waals surface area contributed by atoms with Crippen molar-refractivity contribution < 1.29 is 18.3 Å². The first kappa shape index (κ1) is 20.1. The van der Waals surface area contributed by atoms with Gasteiger partial charge in [0, 0.05) is 17.4 Å². The number of thioether (sulfide) groups is 1. The third-order valence-electron chi connectivity index (χ3n) is 4.63. The highest BCUT2D eigenvalue weighted by atomic mass is 32.2. The van der Waals surface area contributed by atoms with Crippen molar-refractivity contribution in [1.82, 2.24) is 9.97 Å². The second-order valence-corrected chi connectivity index (χ2v) is 7.39. The molecule has 0 saturated carbocycles. The number of fused-ring (bicyclic) bond motifs is 1. The summed E-state index contributed by atoms with van der Waals surface area (Å²) in [4.78, 5) is 25.4. The molecule has 3 aromatic rings. The van der Waals surface area contributed by atoms with E-state index in [2.05, 4.69) is 14.7 Å². The Balaban J connectivity index is 1.78. The van der Waals surface area contributed by atoms with Crippen LogP contribution in [0.4, 0.5) is 30.8 Å². The molecule has 0 atom stereocenters. The molecule has 2 amide bonds. The van der Waals surface area contributed by atoms with Crippen molar-refractivity contribution in [2.45, 2.75) is 25.2 Å². The molecule has 0 unspecified atom stereocenters. The first-order chi connectivity index (χ1) is 14.5. The zero-order chi connectivity index (χ0) is 21.3. The van der Waals surface area contributed by atoms with Crippen molar-refractivity contribution >= 4 is 35.0 Å². The summed E-state index contributed by atoms with van der Waals surface area (Å²) in [5.41, 5.74) is 3.10. The first-order valence-electron chi connectivity index (χ1n) is 9.09. The molecule has 0 N–H and O–H groups in total. The number of hydrogen-bond acceptors (Lipinski definition) is 5. The Hall–Kier alpha value is -3.20. The van der Waals surface area contributed by atoms with E-state index in [0.29, 0.717) is 23.2 Å². The van der Waals surface area contributed by atoms with Gasteiger partial charge < -0.3 is 4.74 Å². The Labute approximate surface area is 176 Å². The fourth-order valence-electron chi connectivity index (χ4n) is 3.17. The molecule has 0 fully saturated rings. The van der Waals surface area contributed by atoms with Gasteiger partial charge in [-0.2, -0.15) is 8.78 Å². The van der Waals surface area contributed by atoms with Crippen molar-refractivity contribution in [2.75, 3.05) is 16.1 Å². The highest BCUT2D eigenvalue weighted by molar-refractivity contribution is 7.98. The number of carbonyl (C=O) groups excluding carboxylic acids is 1. The smallest absolute Gasteiger partial charge is 0.387 e. The van der Waals surface area contributed by atoms with Crippen LogP contribution >= 0.6 is 11.8 Å². The number of hydrogen-bond donors (Lipinski definition) is 0. The summed E-state index contributed by atoms with van der Waals surface area (Å²) in [7, 11) is 0. The van der Waals surface area contributed by atoms with Gasteiger partial charge in [-0.15, -0.1) is 0 Å². The van der Waals surface area contributed by atoms with Crippen LogP contribution in [0, 0.1) is 6.92 Å². The van der Waals surface area contributed by atoms with Crippen molar-refractivity contribution in [1.29, 1.82) is 0 Å². The lowest BCUT2D eigenvalue weighted by Gasteiger charge is -2.36. The molecule has 1 aromatic heterocycles. The van der Waals surface area contributed by atoms with Gasteiger partial charge in [0.1, 0.15) is 5.75 Å². The number of aromatic nitrogens is 2. The van der Waals surface area contributed by atoms with E-state index in [0.717, 1.165) is 16.8 Å². The number of rotatable bonds is 5. The summed E-state index contributed by atoms with van der Waals surface area (Å²) < 4.78 is 29.4. The minimum Gasteiger partial charge on any atom is -0.435 e. The summed E-state index contributed by atoms with van der Waals surface area (Å²) in [6, 6.07) is 13.3. The maximum atomic E-state index is 13.5. The number of anilines is 3. The second kappa shape index (κ2) is 8.27. The molecule has 0 radical (unpaired) electrons. The first-order valence-corrected chi connectivity index (χ1v) is 10.3. The van der Waals surface area contributed by atoms with Gasteiger partial charge in [-0.1, -0.05) is 29.5 Å². The van der Waals surface area contributed by atoms with Crippen molar-refractivity contribution in [3.63, 3.8) is 0 Å². The third kappa shape index (κ3) is 3.93. The topological polar surface area (TPSA) is 58.6 Å². The number of benzene rings is 2. The normalized spacial score (nSPS) is 13.6. The van der Waals surface area contributed by atoms with Crippen molar-refractivity contribution in [3.8, 4) is 5.75 Å². The molecule has 4 rings (SSSR count). The summed E-state index contributed by atoms with van der Waals surface area (Å²) in [6.07, 6.45) is 3.56. The zero-order valence-corrected chi connectivity index (χ0v) is 17.1. The van der Waals surface area contributed by atoms with Crippen LogP contribution in [0.3, 0.4) is 0 Å². The standard InChI is InChI=1S/C21H18F2N4O2S/c1-13-3-5-15(6-4-13)26-12-14-11-24-20(30-2)25-18(14)27(21(26)28)16-7-9-17(10-8-16)29-19(22)23/h3-11,19H,12H2,1-2H3. The van der Waals surface area contributed by atoms with Crippen molar-refractivity contribution in [3.05, 3.63) is 65.9 Å². The third-order valence-corrected chi connectivity index (χ3v) is 5.19. The number of carbonyl (C=O) groups is 1. The molecule has 2 aromatic carbocycles. The van der Waals surface area contributed by atoms with E-state index in [1.807, 2.05) is 37.4 Å². The molecule has 1 aliphatic rings. The summed E-state index contributed by atoms with van der Waals surface area (Å²) >= 11 is 1.37. The highest BCUT2D eigenvalue weighted by Gasteiger charge is 2.34. The molecule has 0 bridgehead atoms. The van der Waals surface area contributed by atoms with Crippen LogP contribution in [0.15, 0.2) is 59.9 Å². The zero-order valence-electron chi connectivity index (χ0n) is 16.3. The van der Waals surface area contributed by atoms with Gasteiger partial charge in [0.05, 0.1) is 12.2 Å². The van der Waals surface area contributed by atoms with E-state index in [4.69, 9.17) is 0 Å². The van der Waals surface area contributed by atoms with Crippen LogP contribution in [-0.4, -0.2) is 28.9 Å². The lowest BCUT2D eigenvalue weighted by atomic mass is 10.1. The van der Waals surface area contributed by atoms with Crippen LogP contribution < -0.4 is 14.5 Å². The molecular formula is C21H18F2N4O2S. The molecule has 0 aliphatic carbocycles. The number of ether oxygens (including phenoxy) is 1. The molecule has 1 aliphatic heterocycles. The van der Waals surface area contributed by atoms with Gasteiger partial charge in [-0.25, -0.2) is 19.7 Å². The van der Waals surface area contributed by atoms with Crippen LogP contribution in [0.25, 0.3) is 0 Å². The molecule has 2 heterocycles. The van der Waals surface area contributed by atoms with Crippen molar-refractivity contribution in [2.24, 2.45) is 0 Å². The molecule has 9 heteroatoms. The Bertz CT molecular complexity index is 1060. The number of urea groups is 1. The Morgan fingerprint density at radius 1 is 1.07 bits per heavy atom. The molecule has 154 valence electrons. The summed E-state index contributed by atoms with van der Waals surface area (Å²) in [6.45, 7) is -0.610. The fourth-order valence-corrected chi connectivity index (χ4v) is 3.51. The lowest BCUT2D eigenvalue weighted by Crippen LogP contribution is -2.45. The molecule has 6 nitrogen and oxygen atoms in total. The van der Waals surface area contributed by atoms with E-state index < -0.39 is 6.61 Å². The number of nitrogens with zero attached hydrogens (tertiary/aromatic N) is 4. The number of alkyl halides is 2. The predicted molar refractivity (Wildman–Crippen MR) is 112 cm³/mol. The van der Waals surface area contributed by atoms with Crippen LogP contribution in [0.2, 0.25) is 0 Å². The monoisotopic (exact) mass is 428 g/mol. The number of halogens is 2. The number of aryl methyl sites for hydroxylation is 1. The number of amides is 2. The molecule has 0 saturated heterocycles. The van der Waals surface area contributed by atoms with Gasteiger partial charge in [-0.3, -0.25) is 4.90 Å². The van der Waals surface area contributed by atoms with Gasteiger partial charge in [0.15, 0.2) is 11.0 Å². The van der Waals surface area contributed by atoms with E-state index in [-0.39, 0.29) is 11.8 Å². The maximum Gasteiger partial charge on any atom is 0.387 e. The Kier molecular flexibility index (Phi) is 5.54. The molecule has 0 spiro atoms. The predicted octanol–water partition coefficient (Wildman–Crippen LogP) is 5.39. The average molecular weight is 428 g/mol. The summed E-state index contributed by atoms with van der Waals surface area (Å²) in [5.74, 6) is 0.492. The summed E-state index contributed by atoms with van der Waals surface area (Å²) in [5, 5.41) is 0.535. The minimum atomic E-state index is -2.91. The van der Waals surface area contributed by atoms with Gasteiger partial charge >= 0.3 is 12.6 Å². The quantitative estimate of drug-likeness (QED) is 0.403. The van der Waals surface area contributed by atoms with Crippen LogP contribution in [0.5, 0.6) is 5.75 Å². The largest absolute Gasteiger partial charge is 0.435 e. The van der Waals surface area contributed by atoms with Crippen LogP contribution in [0.1, 0.15) is 11.1 Å². The molecular weight excluding hydrogens is 410 g/mol. The Morgan fingerprint density at radius 3 is 2.37 bits per heavy atom. The van der Waals surface area contributed by atoms with E-state index in [1.54, 1.807) is 23.2 Å². The van der Waals surface area contributed by atoms with Gasteiger partial charge in [0.25, 0.3) is 0 Å². The Morgan fingerprint density at radius 2 is 1.73 bits per heavy atom. The minimum absolute atomic E-state index is 0.0151. The van der Waals surface area contributed by atoms with E-state index >= 15 is 0 Å². The second-order valence-electron chi connectivity index (χ2n) is 6.62. The van der Waals surface area contributed by atoms with Gasteiger partial charge in [0.2, 0.25) is 0 Å².